The van der Waals surface area contributed by atoms with Gasteiger partial charge in [0.15, 0.2) is 0 Å². The van der Waals surface area contributed by atoms with E-state index in [1.165, 1.54) is 0 Å². The van der Waals surface area contributed by atoms with Crippen molar-refractivity contribution in [3.05, 3.63) is 62.7 Å². The van der Waals surface area contributed by atoms with E-state index >= 15 is 0 Å². The fourth-order valence-corrected chi connectivity index (χ4v) is 4.06. The summed E-state index contributed by atoms with van der Waals surface area (Å²) < 4.78 is 3.50. The number of benzene rings is 2. The zero-order chi connectivity index (χ0) is 19.6. The van der Waals surface area contributed by atoms with E-state index < -0.39 is 0 Å². The van der Waals surface area contributed by atoms with Crippen molar-refractivity contribution in [2.24, 2.45) is 7.05 Å². The first-order valence-corrected chi connectivity index (χ1v) is 10.0. The Labute approximate surface area is 174 Å². The van der Waals surface area contributed by atoms with Crippen LogP contribution in [0.1, 0.15) is 22.5 Å². The van der Waals surface area contributed by atoms with E-state index in [4.69, 9.17) is 0 Å². The lowest BCUT2D eigenvalue weighted by atomic mass is 10.2. The molecule has 1 aromatic heterocycles. The topological polar surface area (TPSA) is 63.1 Å². The lowest BCUT2D eigenvalue weighted by Gasteiger charge is -2.10. The van der Waals surface area contributed by atoms with Gasteiger partial charge in [-0.15, -0.1) is 0 Å². The minimum absolute atomic E-state index is 0.146. The molecule has 27 heavy (non-hydrogen) atoms. The Balaban J connectivity index is 1.62. The number of rotatable bonds is 5. The lowest BCUT2D eigenvalue weighted by molar-refractivity contribution is -0.116. The van der Waals surface area contributed by atoms with Crippen LogP contribution in [0.5, 0.6) is 0 Å². The van der Waals surface area contributed by atoms with Gasteiger partial charge in [0, 0.05) is 41.1 Å². The standard InChI is InChI=1S/C20H19Br2N3O2/c1-12-7-8-13(21)11-15(12)24-17(26)9-10-23-20(27)19-18(22)14-5-3-4-6-16(14)25(19)2/h3-8,11H,9-10H2,1-2H3,(H,23,27)(H,24,26). The molecule has 0 radical (unpaired) electrons. The predicted molar refractivity (Wildman–Crippen MR) is 115 cm³/mol. The van der Waals surface area contributed by atoms with E-state index in [1.54, 1.807) is 0 Å². The molecule has 0 fully saturated rings. The first-order valence-electron chi connectivity index (χ1n) is 8.45. The maximum absolute atomic E-state index is 12.6. The number of hydrogen-bond acceptors (Lipinski definition) is 2. The van der Waals surface area contributed by atoms with Gasteiger partial charge in [-0.25, -0.2) is 0 Å². The van der Waals surface area contributed by atoms with Crippen molar-refractivity contribution in [1.29, 1.82) is 0 Å². The predicted octanol–water partition coefficient (Wildman–Crippen LogP) is 4.77. The molecule has 0 aliphatic heterocycles. The molecule has 2 aromatic carbocycles. The molecule has 7 heteroatoms. The quantitative estimate of drug-likeness (QED) is 0.538. The molecule has 0 saturated heterocycles. The summed E-state index contributed by atoms with van der Waals surface area (Å²) in [5.41, 5.74) is 3.25. The normalized spacial score (nSPS) is 10.8. The van der Waals surface area contributed by atoms with Crippen LogP contribution in [-0.4, -0.2) is 22.9 Å². The average molecular weight is 493 g/mol. The van der Waals surface area contributed by atoms with E-state index in [-0.39, 0.29) is 24.8 Å². The van der Waals surface area contributed by atoms with Crippen LogP contribution >= 0.6 is 31.9 Å². The molecule has 5 nitrogen and oxygen atoms in total. The van der Waals surface area contributed by atoms with E-state index in [0.717, 1.165) is 31.1 Å². The summed E-state index contributed by atoms with van der Waals surface area (Å²) in [5, 5.41) is 6.68. The van der Waals surface area contributed by atoms with Gasteiger partial charge in [0.1, 0.15) is 5.69 Å². The number of para-hydroxylation sites is 1. The lowest BCUT2D eigenvalue weighted by Crippen LogP contribution is -2.29. The highest BCUT2D eigenvalue weighted by atomic mass is 79.9. The highest BCUT2D eigenvalue weighted by Gasteiger charge is 2.19. The van der Waals surface area contributed by atoms with Gasteiger partial charge in [-0.2, -0.15) is 0 Å². The van der Waals surface area contributed by atoms with Gasteiger partial charge in [-0.3, -0.25) is 9.59 Å². The number of carbonyl (C=O) groups is 2. The highest BCUT2D eigenvalue weighted by Crippen LogP contribution is 2.30. The zero-order valence-electron chi connectivity index (χ0n) is 15.0. The van der Waals surface area contributed by atoms with Gasteiger partial charge in [0.2, 0.25) is 5.91 Å². The number of hydrogen-bond donors (Lipinski definition) is 2. The summed E-state index contributed by atoms with van der Waals surface area (Å²) in [5.74, 6) is -0.361. The molecule has 0 spiro atoms. The van der Waals surface area contributed by atoms with E-state index in [1.807, 2.05) is 61.0 Å². The third-order valence-corrected chi connectivity index (χ3v) is 5.67. The Hall–Kier alpha value is -2.12. The summed E-state index contributed by atoms with van der Waals surface area (Å²) >= 11 is 6.91. The van der Waals surface area contributed by atoms with Gasteiger partial charge in [-0.1, -0.05) is 40.2 Å². The Morgan fingerprint density at radius 2 is 1.85 bits per heavy atom. The molecule has 2 N–H and O–H groups in total. The molecule has 0 aliphatic rings. The van der Waals surface area contributed by atoms with Crippen molar-refractivity contribution < 1.29 is 9.59 Å². The Morgan fingerprint density at radius 1 is 1.11 bits per heavy atom. The SMILES string of the molecule is Cc1ccc(Br)cc1NC(=O)CCNC(=O)c1c(Br)c2ccccc2n1C. The maximum atomic E-state index is 12.6. The third-order valence-electron chi connectivity index (χ3n) is 4.37. The van der Waals surface area contributed by atoms with Crippen molar-refractivity contribution in [2.45, 2.75) is 13.3 Å². The molecule has 3 aromatic rings. The van der Waals surface area contributed by atoms with Crippen molar-refractivity contribution in [3.63, 3.8) is 0 Å². The van der Waals surface area contributed by atoms with Crippen molar-refractivity contribution in [2.75, 3.05) is 11.9 Å². The molecule has 0 saturated carbocycles. The Kier molecular flexibility index (Phi) is 6.01. The molecular weight excluding hydrogens is 474 g/mol. The number of halogens is 2. The van der Waals surface area contributed by atoms with Crippen LogP contribution in [-0.2, 0) is 11.8 Å². The van der Waals surface area contributed by atoms with E-state index in [9.17, 15) is 9.59 Å². The van der Waals surface area contributed by atoms with E-state index in [2.05, 4.69) is 42.5 Å². The third kappa shape index (κ3) is 4.25. The Morgan fingerprint density at radius 3 is 2.59 bits per heavy atom. The Bertz CT molecular complexity index is 988. The van der Waals surface area contributed by atoms with Crippen molar-refractivity contribution >= 4 is 60.3 Å². The molecule has 3 rings (SSSR count). The van der Waals surface area contributed by atoms with Gasteiger partial charge in [0.05, 0.1) is 4.47 Å². The van der Waals surface area contributed by atoms with Crippen LogP contribution in [0.4, 0.5) is 5.69 Å². The fraction of sp³-hybridized carbons (Fsp3) is 0.200. The van der Waals surface area contributed by atoms with Crippen molar-refractivity contribution in [1.82, 2.24) is 9.88 Å². The molecule has 0 aliphatic carbocycles. The van der Waals surface area contributed by atoms with Crippen LogP contribution in [0.2, 0.25) is 0 Å². The smallest absolute Gasteiger partial charge is 0.269 e. The number of aryl methyl sites for hydroxylation is 2. The number of anilines is 1. The summed E-state index contributed by atoms with van der Waals surface area (Å²) in [7, 11) is 1.85. The van der Waals surface area contributed by atoms with Crippen LogP contribution < -0.4 is 10.6 Å². The number of aromatic nitrogens is 1. The largest absolute Gasteiger partial charge is 0.350 e. The molecule has 1 heterocycles. The van der Waals surface area contributed by atoms with Gasteiger partial charge >= 0.3 is 0 Å². The van der Waals surface area contributed by atoms with Crippen molar-refractivity contribution in [3.8, 4) is 0 Å². The van der Waals surface area contributed by atoms with Gasteiger partial charge < -0.3 is 15.2 Å². The second kappa shape index (κ2) is 8.27. The first kappa shape index (κ1) is 19.6. The number of fused-ring (bicyclic) bond motifs is 1. The summed E-state index contributed by atoms with van der Waals surface area (Å²) in [6, 6.07) is 13.5. The average Bonchev–Trinajstić information content (AvgIpc) is 2.89. The second-order valence-electron chi connectivity index (χ2n) is 6.25. The summed E-state index contributed by atoms with van der Waals surface area (Å²) in [4.78, 5) is 24.8. The number of nitrogens with one attached hydrogen (secondary N) is 2. The number of carbonyl (C=O) groups excluding carboxylic acids is 2. The van der Waals surface area contributed by atoms with E-state index in [0.29, 0.717) is 5.69 Å². The highest BCUT2D eigenvalue weighted by molar-refractivity contribution is 9.11. The molecule has 0 bridgehead atoms. The summed E-state index contributed by atoms with van der Waals surface area (Å²) in [6.45, 7) is 2.19. The minimum Gasteiger partial charge on any atom is -0.350 e. The molecule has 0 unspecified atom stereocenters. The number of nitrogens with zero attached hydrogens (tertiary/aromatic N) is 1. The van der Waals surface area contributed by atoms with Crippen LogP contribution in [0, 0.1) is 6.92 Å². The molecular formula is C20H19Br2N3O2. The maximum Gasteiger partial charge on any atom is 0.269 e. The minimum atomic E-state index is -0.216. The molecule has 140 valence electrons. The molecule has 2 amide bonds. The summed E-state index contributed by atoms with van der Waals surface area (Å²) in [6.07, 6.45) is 0.194. The van der Waals surface area contributed by atoms with Crippen LogP contribution in [0.15, 0.2) is 51.4 Å². The van der Waals surface area contributed by atoms with Gasteiger partial charge in [0.25, 0.3) is 5.91 Å². The number of amides is 2. The fourth-order valence-electron chi connectivity index (χ4n) is 2.91. The molecule has 0 atom stereocenters. The first-order chi connectivity index (χ1) is 12.9. The van der Waals surface area contributed by atoms with Crippen LogP contribution in [0.3, 0.4) is 0 Å². The monoisotopic (exact) mass is 491 g/mol. The second-order valence-corrected chi connectivity index (χ2v) is 7.96. The van der Waals surface area contributed by atoms with Crippen LogP contribution in [0.25, 0.3) is 10.9 Å². The van der Waals surface area contributed by atoms with Gasteiger partial charge in [-0.05, 0) is 46.6 Å². The zero-order valence-corrected chi connectivity index (χ0v) is 18.1.